The topological polar surface area (TPSA) is 84.9 Å². The normalized spacial score (nSPS) is 9.79. The Bertz CT molecular complexity index is 183. The zero-order valence-corrected chi connectivity index (χ0v) is 8.12. The molecule has 0 aliphatic rings. The van der Waals surface area contributed by atoms with Crippen LogP contribution in [0.2, 0.25) is 0 Å². The summed E-state index contributed by atoms with van der Waals surface area (Å²) in [6.07, 6.45) is 0.301. The van der Waals surface area contributed by atoms with Gasteiger partial charge in [0.05, 0.1) is 13.2 Å². The quantitative estimate of drug-likeness (QED) is 0.509. The fourth-order valence-electron chi connectivity index (χ4n) is 0.705. The number of carboxylic acid groups (broad SMARTS) is 1. The van der Waals surface area contributed by atoms with Crippen molar-refractivity contribution in [1.82, 2.24) is 5.32 Å². The Morgan fingerprint density at radius 2 is 2.07 bits per heavy atom. The number of carbonyl (C=O) groups excluding carboxylic acids is 1. The lowest BCUT2D eigenvalue weighted by molar-refractivity contribution is -0.142. The molecule has 0 bridgehead atoms. The Balaban J connectivity index is 3.19. The van der Waals surface area contributed by atoms with Gasteiger partial charge in [-0.25, -0.2) is 4.79 Å². The largest absolute Gasteiger partial charge is 0.480 e. The number of hydrogen-bond acceptors (Lipinski definition) is 4. The predicted octanol–water partition coefficient (Wildman–Crippen LogP) is -0.760. The summed E-state index contributed by atoms with van der Waals surface area (Å²) in [6, 6.07) is 0. The van der Waals surface area contributed by atoms with Crippen LogP contribution in [0.15, 0.2) is 0 Å². The lowest BCUT2D eigenvalue weighted by atomic mass is 10.4. The Kier molecular flexibility index (Phi) is 7.77. The van der Waals surface area contributed by atoms with Gasteiger partial charge in [-0.2, -0.15) is 0 Å². The van der Waals surface area contributed by atoms with Gasteiger partial charge in [0.2, 0.25) is 5.91 Å². The first-order valence-electron chi connectivity index (χ1n) is 4.22. The Hall–Kier alpha value is -1.14. The molecule has 0 saturated carbocycles. The maximum atomic E-state index is 10.9. The first kappa shape index (κ1) is 12.9. The third-order valence-electron chi connectivity index (χ3n) is 1.33. The first-order valence-corrected chi connectivity index (χ1v) is 4.22. The van der Waals surface area contributed by atoms with Crippen LogP contribution < -0.4 is 5.32 Å². The molecule has 6 nitrogen and oxygen atoms in total. The molecule has 6 heteroatoms. The van der Waals surface area contributed by atoms with Crippen molar-refractivity contribution in [1.29, 1.82) is 0 Å². The number of rotatable bonds is 8. The van der Waals surface area contributed by atoms with Crippen LogP contribution in [0.5, 0.6) is 0 Å². The summed E-state index contributed by atoms with van der Waals surface area (Å²) < 4.78 is 9.41. The summed E-state index contributed by atoms with van der Waals surface area (Å²) >= 11 is 0. The molecule has 14 heavy (non-hydrogen) atoms. The average Bonchev–Trinajstić information content (AvgIpc) is 2.13. The minimum absolute atomic E-state index is 0.134. The van der Waals surface area contributed by atoms with Gasteiger partial charge in [0.1, 0.15) is 6.61 Å². The van der Waals surface area contributed by atoms with Gasteiger partial charge in [-0.05, 0) is 0 Å². The lowest BCUT2D eigenvalue weighted by Crippen LogP contribution is -2.28. The van der Waals surface area contributed by atoms with E-state index >= 15 is 0 Å². The van der Waals surface area contributed by atoms with Gasteiger partial charge >= 0.3 is 5.97 Å². The van der Waals surface area contributed by atoms with Gasteiger partial charge in [0.15, 0.2) is 0 Å². The SMILES string of the molecule is COCCC(=O)NCCOCC(=O)O. The van der Waals surface area contributed by atoms with Gasteiger partial charge < -0.3 is 19.9 Å². The highest BCUT2D eigenvalue weighted by atomic mass is 16.5. The second-order valence-corrected chi connectivity index (χ2v) is 2.54. The van der Waals surface area contributed by atoms with Crippen LogP contribution in [0.1, 0.15) is 6.42 Å². The van der Waals surface area contributed by atoms with Crippen LogP contribution in [0, 0.1) is 0 Å². The van der Waals surface area contributed by atoms with Crippen LogP contribution in [0.3, 0.4) is 0 Å². The number of methoxy groups -OCH3 is 1. The van der Waals surface area contributed by atoms with Crippen molar-refractivity contribution in [3.8, 4) is 0 Å². The van der Waals surface area contributed by atoms with E-state index in [-0.39, 0.29) is 19.1 Å². The smallest absolute Gasteiger partial charge is 0.329 e. The monoisotopic (exact) mass is 205 g/mol. The van der Waals surface area contributed by atoms with Crippen LogP contribution in [-0.4, -0.2) is 50.5 Å². The van der Waals surface area contributed by atoms with Crippen LogP contribution >= 0.6 is 0 Å². The highest BCUT2D eigenvalue weighted by Crippen LogP contribution is 1.80. The van der Waals surface area contributed by atoms with E-state index in [1.165, 1.54) is 7.11 Å². The van der Waals surface area contributed by atoms with Gasteiger partial charge in [-0.15, -0.1) is 0 Å². The fraction of sp³-hybridized carbons (Fsp3) is 0.750. The molecule has 0 aromatic rings. The summed E-state index contributed by atoms with van der Waals surface area (Å²) in [7, 11) is 1.52. The van der Waals surface area contributed by atoms with Gasteiger partial charge in [0, 0.05) is 20.1 Å². The lowest BCUT2D eigenvalue weighted by Gasteiger charge is -2.04. The van der Waals surface area contributed by atoms with E-state index in [2.05, 4.69) is 5.32 Å². The minimum atomic E-state index is -1.02. The third-order valence-corrected chi connectivity index (χ3v) is 1.33. The van der Waals surface area contributed by atoms with Gasteiger partial charge in [-0.3, -0.25) is 4.79 Å². The molecule has 0 unspecified atom stereocenters. The van der Waals surface area contributed by atoms with Crippen molar-refractivity contribution in [3.05, 3.63) is 0 Å². The van der Waals surface area contributed by atoms with E-state index in [0.717, 1.165) is 0 Å². The zero-order chi connectivity index (χ0) is 10.8. The van der Waals surface area contributed by atoms with E-state index < -0.39 is 5.97 Å². The second kappa shape index (κ2) is 8.46. The predicted molar refractivity (Wildman–Crippen MR) is 48.0 cm³/mol. The minimum Gasteiger partial charge on any atom is -0.480 e. The number of nitrogens with one attached hydrogen (secondary N) is 1. The number of amides is 1. The molecule has 0 aromatic heterocycles. The molecule has 82 valence electrons. The Labute approximate surface area is 82.2 Å². The summed E-state index contributed by atoms with van der Waals surface area (Å²) in [5, 5.41) is 10.8. The summed E-state index contributed by atoms with van der Waals surface area (Å²) in [6.45, 7) is 0.552. The highest BCUT2D eigenvalue weighted by Gasteiger charge is 2.00. The van der Waals surface area contributed by atoms with Crippen molar-refractivity contribution in [2.45, 2.75) is 6.42 Å². The maximum absolute atomic E-state index is 10.9. The fourth-order valence-corrected chi connectivity index (χ4v) is 0.705. The maximum Gasteiger partial charge on any atom is 0.329 e. The Morgan fingerprint density at radius 1 is 1.36 bits per heavy atom. The first-order chi connectivity index (χ1) is 6.66. The molecule has 0 rings (SSSR count). The van der Waals surface area contributed by atoms with Gasteiger partial charge in [0.25, 0.3) is 0 Å². The summed E-state index contributed by atoms with van der Waals surface area (Å²) in [4.78, 5) is 20.9. The molecule has 0 saturated heterocycles. The summed E-state index contributed by atoms with van der Waals surface area (Å²) in [5.41, 5.74) is 0. The molecule has 0 aliphatic carbocycles. The molecule has 0 heterocycles. The molecule has 0 fully saturated rings. The molecule has 0 atom stereocenters. The van der Waals surface area contributed by atoms with Crippen LogP contribution in [-0.2, 0) is 19.1 Å². The second-order valence-electron chi connectivity index (χ2n) is 2.54. The number of carbonyl (C=O) groups is 2. The molecule has 2 N–H and O–H groups in total. The van der Waals surface area contributed by atoms with Crippen LogP contribution in [0.25, 0.3) is 0 Å². The number of hydrogen-bond donors (Lipinski definition) is 2. The summed E-state index contributed by atoms with van der Waals surface area (Å²) in [5.74, 6) is -1.15. The van der Waals surface area contributed by atoms with Crippen molar-refractivity contribution in [2.24, 2.45) is 0 Å². The van der Waals surface area contributed by atoms with E-state index in [4.69, 9.17) is 14.6 Å². The number of carboxylic acids is 1. The molecular weight excluding hydrogens is 190 g/mol. The zero-order valence-electron chi connectivity index (χ0n) is 8.12. The third kappa shape index (κ3) is 8.95. The van der Waals surface area contributed by atoms with Crippen LogP contribution in [0.4, 0.5) is 0 Å². The van der Waals surface area contributed by atoms with Crippen molar-refractivity contribution < 1.29 is 24.2 Å². The van der Waals surface area contributed by atoms with Gasteiger partial charge in [-0.1, -0.05) is 0 Å². The molecule has 0 spiro atoms. The van der Waals surface area contributed by atoms with E-state index in [9.17, 15) is 9.59 Å². The van der Waals surface area contributed by atoms with Crippen molar-refractivity contribution in [2.75, 3.05) is 33.5 Å². The standard InChI is InChI=1S/C8H15NO5/c1-13-4-2-7(10)9-3-5-14-6-8(11)12/h2-6H2,1H3,(H,9,10)(H,11,12). The molecule has 1 amide bonds. The van der Waals surface area contributed by atoms with Crippen molar-refractivity contribution >= 4 is 11.9 Å². The average molecular weight is 205 g/mol. The van der Waals surface area contributed by atoms with E-state index in [1.807, 2.05) is 0 Å². The molecule has 0 aliphatic heterocycles. The van der Waals surface area contributed by atoms with E-state index in [0.29, 0.717) is 19.6 Å². The highest BCUT2D eigenvalue weighted by molar-refractivity contribution is 5.75. The number of ether oxygens (including phenoxy) is 2. The molecule has 0 aromatic carbocycles. The van der Waals surface area contributed by atoms with Crippen molar-refractivity contribution in [3.63, 3.8) is 0 Å². The van der Waals surface area contributed by atoms with E-state index in [1.54, 1.807) is 0 Å². The molecule has 0 radical (unpaired) electrons. The number of aliphatic carboxylic acids is 1. The molecular formula is C8H15NO5. The Morgan fingerprint density at radius 3 is 2.64 bits per heavy atom.